The lowest BCUT2D eigenvalue weighted by molar-refractivity contribution is -0.138. The van der Waals surface area contributed by atoms with Gasteiger partial charge >= 0.3 is 5.97 Å². The van der Waals surface area contributed by atoms with E-state index >= 15 is 0 Å². The van der Waals surface area contributed by atoms with Crippen molar-refractivity contribution in [3.63, 3.8) is 0 Å². The minimum absolute atomic E-state index is 0.139. The summed E-state index contributed by atoms with van der Waals surface area (Å²) in [5.41, 5.74) is 0. The molecule has 1 atom stereocenters. The predicted octanol–water partition coefficient (Wildman–Crippen LogP) is 2.48. The SMILES string of the molecule is CCC(C)N(CCc1cccs1)CC(=O)O. The van der Waals surface area contributed by atoms with E-state index in [0.29, 0.717) is 6.04 Å². The van der Waals surface area contributed by atoms with Gasteiger partial charge in [-0.3, -0.25) is 9.69 Å². The maximum absolute atomic E-state index is 10.8. The molecule has 16 heavy (non-hydrogen) atoms. The third-order valence-corrected chi connectivity index (χ3v) is 3.71. The lowest BCUT2D eigenvalue weighted by Crippen LogP contribution is -2.38. The van der Waals surface area contributed by atoms with Crippen LogP contribution in [0.15, 0.2) is 17.5 Å². The van der Waals surface area contributed by atoms with Crippen molar-refractivity contribution in [2.24, 2.45) is 0 Å². The number of thiophene rings is 1. The fourth-order valence-electron chi connectivity index (χ4n) is 1.60. The Balaban J connectivity index is 2.46. The van der Waals surface area contributed by atoms with E-state index < -0.39 is 5.97 Å². The maximum atomic E-state index is 10.8. The van der Waals surface area contributed by atoms with Gasteiger partial charge in [0.25, 0.3) is 0 Å². The van der Waals surface area contributed by atoms with Gasteiger partial charge < -0.3 is 5.11 Å². The first-order chi connectivity index (χ1) is 7.63. The number of nitrogens with zero attached hydrogens (tertiary/aromatic N) is 1. The average Bonchev–Trinajstić information content (AvgIpc) is 2.75. The van der Waals surface area contributed by atoms with E-state index in [1.807, 2.05) is 11.0 Å². The van der Waals surface area contributed by atoms with Crippen LogP contribution in [0.3, 0.4) is 0 Å². The molecule has 0 bridgehead atoms. The van der Waals surface area contributed by atoms with Crippen molar-refractivity contribution in [3.05, 3.63) is 22.4 Å². The number of hydrogen-bond donors (Lipinski definition) is 1. The summed E-state index contributed by atoms with van der Waals surface area (Å²) in [5, 5.41) is 10.9. The van der Waals surface area contributed by atoms with Crippen molar-refractivity contribution in [1.29, 1.82) is 0 Å². The molecule has 0 aliphatic rings. The van der Waals surface area contributed by atoms with E-state index in [9.17, 15) is 4.79 Å². The minimum Gasteiger partial charge on any atom is -0.480 e. The molecular weight excluding hydrogens is 222 g/mol. The quantitative estimate of drug-likeness (QED) is 0.797. The van der Waals surface area contributed by atoms with E-state index in [1.165, 1.54) is 4.88 Å². The van der Waals surface area contributed by atoms with Gasteiger partial charge in [0.15, 0.2) is 0 Å². The zero-order valence-electron chi connectivity index (χ0n) is 9.85. The topological polar surface area (TPSA) is 40.5 Å². The van der Waals surface area contributed by atoms with Crippen LogP contribution in [0, 0.1) is 0 Å². The number of carboxylic acids is 1. The van der Waals surface area contributed by atoms with Crippen LogP contribution in [-0.4, -0.2) is 35.1 Å². The van der Waals surface area contributed by atoms with Gasteiger partial charge in [0.05, 0.1) is 6.54 Å². The van der Waals surface area contributed by atoms with Crippen LogP contribution < -0.4 is 0 Å². The van der Waals surface area contributed by atoms with Gasteiger partial charge in [-0.15, -0.1) is 11.3 Å². The van der Waals surface area contributed by atoms with Crippen LogP contribution in [0.25, 0.3) is 0 Å². The fourth-order valence-corrected chi connectivity index (χ4v) is 2.29. The number of aliphatic carboxylic acids is 1. The second-order valence-corrected chi connectivity index (χ2v) is 4.98. The zero-order valence-corrected chi connectivity index (χ0v) is 10.7. The van der Waals surface area contributed by atoms with E-state index in [-0.39, 0.29) is 6.54 Å². The molecule has 90 valence electrons. The Kier molecular flexibility index (Phi) is 5.49. The molecule has 4 heteroatoms. The number of carbonyl (C=O) groups is 1. The average molecular weight is 241 g/mol. The summed E-state index contributed by atoms with van der Waals surface area (Å²) < 4.78 is 0. The largest absolute Gasteiger partial charge is 0.480 e. The molecule has 0 radical (unpaired) electrons. The summed E-state index contributed by atoms with van der Waals surface area (Å²) >= 11 is 1.73. The highest BCUT2D eigenvalue weighted by molar-refractivity contribution is 7.09. The van der Waals surface area contributed by atoms with Crippen LogP contribution >= 0.6 is 11.3 Å². The van der Waals surface area contributed by atoms with Crippen LogP contribution in [-0.2, 0) is 11.2 Å². The summed E-state index contributed by atoms with van der Waals surface area (Å²) in [6, 6.07) is 4.46. The maximum Gasteiger partial charge on any atom is 0.317 e. The van der Waals surface area contributed by atoms with Crippen LogP contribution in [0.1, 0.15) is 25.1 Å². The van der Waals surface area contributed by atoms with E-state index in [2.05, 4.69) is 25.3 Å². The zero-order chi connectivity index (χ0) is 12.0. The van der Waals surface area contributed by atoms with Crippen LogP contribution in [0.4, 0.5) is 0 Å². The smallest absolute Gasteiger partial charge is 0.317 e. The van der Waals surface area contributed by atoms with Gasteiger partial charge in [0, 0.05) is 17.5 Å². The monoisotopic (exact) mass is 241 g/mol. The van der Waals surface area contributed by atoms with Crippen molar-refractivity contribution in [3.8, 4) is 0 Å². The molecule has 0 spiro atoms. The van der Waals surface area contributed by atoms with Crippen molar-refractivity contribution >= 4 is 17.3 Å². The Morgan fingerprint density at radius 3 is 2.88 bits per heavy atom. The molecule has 0 aliphatic heterocycles. The molecular formula is C12H19NO2S. The molecule has 1 N–H and O–H groups in total. The molecule has 1 heterocycles. The Morgan fingerprint density at radius 1 is 1.62 bits per heavy atom. The van der Waals surface area contributed by atoms with Crippen molar-refractivity contribution in [1.82, 2.24) is 4.90 Å². The third-order valence-electron chi connectivity index (χ3n) is 2.78. The number of carboxylic acid groups (broad SMARTS) is 1. The Hall–Kier alpha value is -0.870. The molecule has 1 rings (SSSR count). The first-order valence-corrected chi connectivity index (χ1v) is 6.49. The highest BCUT2D eigenvalue weighted by atomic mass is 32.1. The van der Waals surface area contributed by atoms with Gasteiger partial charge in [0.2, 0.25) is 0 Å². The molecule has 1 aromatic rings. The van der Waals surface area contributed by atoms with Crippen molar-refractivity contribution in [2.75, 3.05) is 13.1 Å². The third kappa shape index (κ3) is 4.33. The summed E-state index contributed by atoms with van der Waals surface area (Å²) in [4.78, 5) is 14.1. The van der Waals surface area contributed by atoms with Crippen LogP contribution in [0.5, 0.6) is 0 Å². The minimum atomic E-state index is -0.744. The first-order valence-electron chi connectivity index (χ1n) is 5.61. The highest BCUT2D eigenvalue weighted by Crippen LogP contribution is 2.11. The Bertz CT molecular complexity index is 311. The second kappa shape index (κ2) is 6.66. The van der Waals surface area contributed by atoms with E-state index in [4.69, 9.17) is 5.11 Å². The van der Waals surface area contributed by atoms with Gasteiger partial charge in [-0.1, -0.05) is 13.0 Å². The van der Waals surface area contributed by atoms with E-state index in [1.54, 1.807) is 11.3 Å². The molecule has 0 aromatic carbocycles. The normalized spacial score (nSPS) is 12.9. The highest BCUT2D eigenvalue weighted by Gasteiger charge is 2.15. The van der Waals surface area contributed by atoms with Crippen molar-refractivity contribution < 1.29 is 9.90 Å². The molecule has 1 aromatic heterocycles. The summed E-state index contributed by atoms with van der Waals surface area (Å²) in [5.74, 6) is -0.744. The molecule has 1 unspecified atom stereocenters. The van der Waals surface area contributed by atoms with Crippen molar-refractivity contribution in [2.45, 2.75) is 32.7 Å². The second-order valence-electron chi connectivity index (χ2n) is 3.95. The van der Waals surface area contributed by atoms with Gasteiger partial charge in [-0.2, -0.15) is 0 Å². The molecule has 0 saturated heterocycles. The number of rotatable bonds is 7. The summed E-state index contributed by atoms with van der Waals surface area (Å²) in [7, 11) is 0. The van der Waals surface area contributed by atoms with E-state index in [0.717, 1.165) is 19.4 Å². The summed E-state index contributed by atoms with van der Waals surface area (Å²) in [6.45, 7) is 5.13. The van der Waals surface area contributed by atoms with Gasteiger partial charge in [0.1, 0.15) is 0 Å². The lowest BCUT2D eigenvalue weighted by Gasteiger charge is -2.26. The molecule has 0 aliphatic carbocycles. The first kappa shape index (κ1) is 13.2. The lowest BCUT2D eigenvalue weighted by atomic mass is 10.2. The Labute approximate surface area is 101 Å². The fraction of sp³-hybridized carbons (Fsp3) is 0.583. The Morgan fingerprint density at radius 2 is 2.38 bits per heavy atom. The molecule has 0 amide bonds. The molecule has 0 fully saturated rings. The van der Waals surface area contributed by atoms with Crippen LogP contribution in [0.2, 0.25) is 0 Å². The molecule has 3 nitrogen and oxygen atoms in total. The molecule has 0 saturated carbocycles. The van der Waals surface area contributed by atoms with Gasteiger partial charge in [-0.05, 0) is 31.2 Å². The standard InChI is InChI=1S/C12H19NO2S/c1-3-10(2)13(9-12(14)15)7-6-11-5-4-8-16-11/h4-5,8,10H,3,6-7,9H2,1-2H3,(H,14,15). The van der Waals surface area contributed by atoms with Gasteiger partial charge in [-0.25, -0.2) is 0 Å². The summed E-state index contributed by atoms with van der Waals surface area (Å²) in [6.07, 6.45) is 1.92. The predicted molar refractivity (Wildman–Crippen MR) is 67.0 cm³/mol. The number of hydrogen-bond acceptors (Lipinski definition) is 3.